The van der Waals surface area contributed by atoms with Gasteiger partial charge in [-0.15, -0.1) is 0 Å². The molecule has 0 atom stereocenters. The van der Waals surface area contributed by atoms with Gasteiger partial charge in [-0.3, -0.25) is 4.79 Å². The summed E-state index contributed by atoms with van der Waals surface area (Å²) in [6, 6.07) is 1.63. The quantitative estimate of drug-likeness (QED) is 0.393. The predicted octanol–water partition coefficient (Wildman–Crippen LogP) is -0.559. The second kappa shape index (κ2) is 11.1. The van der Waals surface area contributed by atoms with Gasteiger partial charge in [-0.2, -0.15) is 0 Å². The van der Waals surface area contributed by atoms with Crippen molar-refractivity contribution in [1.29, 1.82) is 0 Å². The number of hydrogen-bond acceptors (Lipinski definition) is 9. The molecule has 0 aromatic carbocycles. The second-order valence-electron chi connectivity index (χ2n) is 6.11. The number of aromatic nitrogens is 3. The average Bonchev–Trinajstić information content (AvgIpc) is 3.22. The topological polar surface area (TPSA) is 160 Å². The minimum Gasteiger partial charge on any atom is -0.495 e. The van der Waals surface area contributed by atoms with E-state index in [1.807, 2.05) is 0 Å². The van der Waals surface area contributed by atoms with Gasteiger partial charge in [0, 0.05) is 45.8 Å². The standard InChI is InChI=1S/C10H16N6O2.C8H11NO3/c1-15(3-4-17)5-7(11)14-10(18)9-13-8(12)6-16(9)2;1-9-5-6(11-2)4-7(9)8(10)12-3/h4-6H,3,11-12H2,1-2H3,(H,14,18);4-5H,1-3H3/b7-5+;. The Morgan fingerprint density at radius 3 is 2.40 bits per heavy atom. The van der Waals surface area contributed by atoms with Crippen LogP contribution in [0.1, 0.15) is 21.1 Å². The molecule has 0 unspecified atom stereocenters. The first-order valence-corrected chi connectivity index (χ1v) is 8.62. The van der Waals surface area contributed by atoms with Gasteiger partial charge in [-0.05, 0) is 0 Å². The van der Waals surface area contributed by atoms with Crippen LogP contribution in [0.5, 0.6) is 5.75 Å². The van der Waals surface area contributed by atoms with E-state index in [-0.39, 0.29) is 30.0 Å². The smallest absolute Gasteiger partial charge is 0.354 e. The highest BCUT2D eigenvalue weighted by atomic mass is 16.5. The van der Waals surface area contributed by atoms with Crippen molar-refractivity contribution in [3.8, 4) is 5.75 Å². The van der Waals surface area contributed by atoms with Crippen molar-refractivity contribution in [3.63, 3.8) is 0 Å². The van der Waals surface area contributed by atoms with Crippen molar-refractivity contribution in [2.24, 2.45) is 19.8 Å². The number of amides is 1. The zero-order chi connectivity index (χ0) is 22.8. The Labute approximate surface area is 174 Å². The third-order valence-corrected chi connectivity index (χ3v) is 3.69. The lowest BCUT2D eigenvalue weighted by molar-refractivity contribution is -0.108. The van der Waals surface area contributed by atoms with Gasteiger partial charge in [-0.25, -0.2) is 9.78 Å². The average molecular weight is 421 g/mol. The Balaban J connectivity index is 0.000000325. The van der Waals surface area contributed by atoms with Crippen molar-refractivity contribution in [3.05, 3.63) is 42.0 Å². The molecule has 0 aliphatic heterocycles. The summed E-state index contributed by atoms with van der Waals surface area (Å²) in [4.78, 5) is 38.5. The summed E-state index contributed by atoms with van der Waals surface area (Å²) in [7, 11) is 7.97. The number of esters is 1. The van der Waals surface area contributed by atoms with Crippen LogP contribution in [0, 0.1) is 0 Å². The van der Waals surface area contributed by atoms with Crippen molar-refractivity contribution >= 4 is 24.0 Å². The molecule has 2 aromatic rings. The van der Waals surface area contributed by atoms with Crippen LogP contribution in [0.15, 0.2) is 30.5 Å². The number of nitrogen functional groups attached to an aromatic ring is 1. The van der Waals surface area contributed by atoms with Gasteiger partial charge in [0.15, 0.2) is 0 Å². The molecule has 0 saturated carbocycles. The number of anilines is 1. The summed E-state index contributed by atoms with van der Waals surface area (Å²) < 4.78 is 12.7. The van der Waals surface area contributed by atoms with Crippen LogP contribution < -0.4 is 21.5 Å². The van der Waals surface area contributed by atoms with E-state index in [9.17, 15) is 14.4 Å². The summed E-state index contributed by atoms with van der Waals surface area (Å²) >= 11 is 0. The zero-order valence-corrected chi connectivity index (χ0v) is 17.6. The van der Waals surface area contributed by atoms with Crippen LogP contribution in [0.2, 0.25) is 0 Å². The molecule has 1 amide bonds. The number of imidazole rings is 1. The molecule has 164 valence electrons. The molecule has 2 aromatic heterocycles. The second-order valence-corrected chi connectivity index (χ2v) is 6.11. The number of hydrogen-bond donors (Lipinski definition) is 3. The maximum absolute atomic E-state index is 11.8. The van der Waals surface area contributed by atoms with Crippen molar-refractivity contribution in [1.82, 2.24) is 24.3 Å². The molecule has 0 aliphatic carbocycles. The number of rotatable bonds is 7. The summed E-state index contributed by atoms with van der Waals surface area (Å²) in [5.41, 5.74) is 11.5. The largest absolute Gasteiger partial charge is 0.495 e. The minimum absolute atomic E-state index is 0.117. The lowest BCUT2D eigenvalue weighted by atomic mass is 10.4. The molecule has 2 heterocycles. The van der Waals surface area contributed by atoms with Gasteiger partial charge in [0.05, 0.1) is 20.8 Å². The van der Waals surface area contributed by atoms with Crippen LogP contribution in [-0.4, -0.2) is 65.0 Å². The van der Waals surface area contributed by atoms with Gasteiger partial charge in [0.1, 0.15) is 29.4 Å². The fourth-order valence-electron chi connectivity index (χ4n) is 2.28. The first-order chi connectivity index (χ1) is 14.1. The van der Waals surface area contributed by atoms with Crippen molar-refractivity contribution in [2.75, 3.05) is 33.5 Å². The number of carbonyl (C=O) groups is 3. The van der Waals surface area contributed by atoms with Gasteiger partial charge in [0.2, 0.25) is 5.82 Å². The normalized spacial score (nSPS) is 10.5. The number of nitrogens with two attached hydrogens (primary N) is 2. The molecule has 5 N–H and O–H groups in total. The highest BCUT2D eigenvalue weighted by Crippen LogP contribution is 2.15. The van der Waals surface area contributed by atoms with E-state index in [2.05, 4.69) is 15.0 Å². The third kappa shape index (κ3) is 6.89. The van der Waals surface area contributed by atoms with Gasteiger partial charge in [-0.1, -0.05) is 0 Å². The molecule has 12 nitrogen and oxygen atoms in total. The number of nitrogens with one attached hydrogen (secondary N) is 1. The van der Waals surface area contributed by atoms with Crippen LogP contribution in [-0.2, 0) is 23.6 Å². The van der Waals surface area contributed by atoms with Crippen LogP contribution in [0.3, 0.4) is 0 Å². The number of methoxy groups -OCH3 is 2. The Morgan fingerprint density at radius 1 is 1.27 bits per heavy atom. The van der Waals surface area contributed by atoms with Crippen molar-refractivity contribution in [2.45, 2.75) is 0 Å². The first kappa shape index (κ1) is 24.1. The maximum atomic E-state index is 11.8. The van der Waals surface area contributed by atoms with E-state index in [1.54, 1.807) is 45.1 Å². The lowest BCUT2D eigenvalue weighted by Crippen LogP contribution is -2.31. The fourth-order valence-corrected chi connectivity index (χ4v) is 2.28. The number of aldehydes is 1. The minimum atomic E-state index is -0.470. The molecule has 0 fully saturated rings. The SMILES string of the molecule is CN(/C=C(\N)NC(=O)c1nc(N)cn1C)CC=O.COC(=O)c1cc(OC)cn1C. The molecule has 0 saturated heterocycles. The summed E-state index contributed by atoms with van der Waals surface area (Å²) in [6.07, 6.45) is 5.41. The molecular weight excluding hydrogens is 394 g/mol. The molecule has 30 heavy (non-hydrogen) atoms. The predicted molar refractivity (Wildman–Crippen MR) is 109 cm³/mol. The molecule has 0 bridgehead atoms. The van der Waals surface area contributed by atoms with Crippen LogP contribution >= 0.6 is 0 Å². The molecule has 12 heteroatoms. The number of carbonyl (C=O) groups excluding carboxylic acids is 3. The number of likely N-dealkylation sites (N-methyl/N-ethyl adjacent to an activating group) is 1. The highest BCUT2D eigenvalue weighted by molar-refractivity contribution is 5.92. The Kier molecular flexibility index (Phi) is 8.94. The Bertz CT molecular complexity index is 916. The highest BCUT2D eigenvalue weighted by Gasteiger charge is 2.13. The molecular formula is C18H27N7O5. The van der Waals surface area contributed by atoms with Crippen LogP contribution in [0.4, 0.5) is 5.82 Å². The Morgan fingerprint density at radius 2 is 1.93 bits per heavy atom. The first-order valence-electron chi connectivity index (χ1n) is 8.62. The molecule has 0 radical (unpaired) electrons. The van der Waals surface area contributed by atoms with Crippen molar-refractivity contribution < 1.29 is 23.9 Å². The van der Waals surface area contributed by atoms with Crippen LogP contribution in [0.25, 0.3) is 0 Å². The van der Waals surface area contributed by atoms with E-state index in [1.165, 1.54) is 29.0 Å². The number of aryl methyl sites for hydroxylation is 2. The number of nitrogens with zero attached hydrogens (tertiary/aromatic N) is 4. The molecule has 0 aliphatic rings. The van der Waals surface area contributed by atoms with E-state index in [4.69, 9.17) is 16.2 Å². The van der Waals surface area contributed by atoms with Gasteiger partial charge in [0.25, 0.3) is 5.91 Å². The summed E-state index contributed by atoms with van der Waals surface area (Å²) in [5, 5.41) is 2.44. The van der Waals surface area contributed by atoms with E-state index in [0.717, 1.165) is 6.29 Å². The lowest BCUT2D eigenvalue weighted by Gasteiger charge is -2.11. The third-order valence-electron chi connectivity index (χ3n) is 3.69. The summed E-state index contributed by atoms with van der Waals surface area (Å²) in [6.45, 7) is 0.186. The molecule has 0 spiro atoms. The van der Waals surface area contributed by atoms with Gasteiger partial charge >= 0.3 is 5.97 Å². The van der Waals surface area contributed by atoms with Gasteiger partial charge < -0.3 is 45.1 Å². The monoisotopic (exact) mass is 421 g/mol. The summed E-state index contributed by atoms with van der Waals surface area (Å²) in [5.74, 6) is 0.345. The zero-order valence-electron chi connectivity index (χ0n) is 17.6. The van der Waals surface area contributed by atoms with E-state index in [0.29, 0.717) is 11.4 Å². The Hall–Kier alpha value is -3.96. The van der Waals surface area contributed by atoms with E-state index < -0.39 is 5.91 Å². The fraction of sp³-hybridized carbons (Fsp3) is 0.333. The number of ether oxygens (including phenoxy) is 2. The molecule has 2 rings (SSSR count). The maximum Gasteiger partial charge on any atom is 0.354 e. The van der Waals surface area contributed by atoms with E-state index >= 15 is 0 Å².